The Balaban J connectivity index is 1.59. The summed E-state index contributed by atoms with van der Waals surface area (Å²) in [5, 5.41) is 3.36. The van der Waals surface area contributed by atoms with Crippen LogP contribution in [-0.2, 0) is 11.3 Å². The van der Waals surface area contributed by atoms with Gasteiger partial charge < -0.3 is 10.1 Å². The Labute approximate surface area is 137 Å². The van der Waals surface area contributed by atoms with E-state index in [1.165, 1.54) is 5.56 Å². The van der Waals surface area contributed by atoms with Crippen molar-refractivity contribution in [3.8, 4) is 0 Å². The van der Waals surface area contributed by atoms with Gasteiger partial charge in [0.1, 0.15) is 0 Å². The highest BCUT2D eigenvalue weighted by Gasteiger charge is 2.10. The van der Waals surface area contributed by atoms with Crippen molar-refractivity contribution in [1.29, 1.82) is 0 Å². The summed E-state index contributed by atoms with van der Waals surface area (Å²) >= 11 is 0. The van der Waals surface area contributed by atoms with Gasteiger partial charge in [-0.25, -0.2) is 0 Å². The molecule has 2 aromatic carbocycles. The molecule has 1 fully saturated rings. The number of hydrogen-bond donors (Lipinski definition) is 1. The molecule has 3 rings (SSSR count). The molecule has 0 atom stereocenters. The van der Waals surface area contributed by atoms with Crippen LogP contribution in [0.1, 0.15) is 22.8 Å². The van der Waals surface area contributed by atoms with E-state index in [-0.39, 0.29) is 5.78 Å². The van der Waals surface area contributed by atoms with Gasteiger partial charge in [-0.15, -0.1) is 0 Å². The van der Waals surface area contributed by atoms with E-state index < -0.39 is 0 Å². The van der Waals surface area contributed by atoms with E-state index in [0.29, 0.717) is 0 Å². The molecular weight excluding hydrogens is 288 g/mol. The van der Waals surface area contributed by atoms with Crippen molar-refractivity contribution in [2.45, 2.75) is 13.5 Å². The number of nitrogens with zero attached hydrogens (tertiary/aromatic N) is 1. The predicted octanol–water partition coefficient (Wildman–Crippen LogP) is 3.47. The normalized spacial score (nSPS) is 15.3. The van der Waals surface area contributed by atoms with Crippen LogP contribution in [0.15, 0.2) is 48.5 Å². The van der Waals surface area contributed by atoms with Crippen molar-refractivity contribution in [3.05, 3.63) is 59.7 Å². The van der Waals surface area contributed by atoms with Gasteiger partial charge in [0.15, 0.2) is 5.78 Å². The maximum Gasteiger partial charge on any atom is 0.159 e. The van der Waals surface area contributed by atoms with Gasteiger partial charge >= 0.3 is 0 Å². The number of ether oxygens (including phenoxy) is 1. The van der Waals surface area contributed by atoms with Gasteiger partial charge in [-0.05, 0) is 48.9 Å². The molecule has 0 aliphatic carbocycles. The molecule has 1 aliphatic heterocycles. The number of Topliss-reactive ketones (excluding diaryl/α,β-unsaturated/α-hetero) is 1. The number of benzene rings is 2. The second-order valence-electron chi connectivity index (χ2n) is 5.84. The molecule has 0 bridgehead atoms. The minimum absolute atomic E-state index is 0.0871. The summed E-state index contributed by atoms with van der Waals surface area (Å²) < 4.78 is 5.37. The van der Waals surface area contributed by atoms with E-state index in [2.05, 4.69) is 34.5 Å². The van der Waals surface area contributed by atoms with Crippen LogP contribution in [0.2, 0.25) is 0 Å². The van der Waals surface area contributed by atoms with E-state index >= 15 is 0 Å². The van der Waals surface area contributed by atoms with E-state index in [1.54, 1.807) is 6.92 Å². The Morgan fingerprint density at radius 1 is 1.00 bits per heavy atom. The smallest absolute Gasteiger partial charge is 0.159 e. The van der Waals surface area contributed by atoms with Gasteiger partial charge in [0.05, 0.1) is 13.2 Å². The van der Waals surface area contributed by atoms with Crippen molar-refractivity contribution in [3.63, 3.8) is 0 Å². The van der Waals surface area contributed by atoms with Crippen molar-refractivity contribution >= 4 is 17.2 Å². The zero-order valence-corrected chi connectivity index (χ0v) is 13.4. The van der Waals surface area contributed by atoms with Crippen LogP contribution >= 0.6 is 0 Å². The molecule has 0 aromatic heterocycles. The molecule has 0 radical (unpaired) electrons. The fourth-order valence-corrected chi connectivity index (χ4v) is 2.67. The van der Waals surface area contributed by atoms with Crippen molar-refractivity contribution in [2.75, 3.05) is 31.6 Å². The van der Waals surface area contributed by atoms with E-state index in [0.717, 1.165) is 49.8 Å². The number of carbonyl (C=O) groups is 1. The van der Waals surface area contributed by atoms with Crippen molar-refractivity contribution in [2.24, 2.45) is 0 Å². The fraction of sp³-hybridized carbons (Fsp3) is 0.316. The molecule has 1 saturated heterocycles. The monoisotopic (exact) mass is 310 g/mol. The third kappa shape index (κ3) is 4.41. The second-order valence-corrected chi connectivity index (χ2v) is 5.84. The molecule has 0 amide bonds. The molecule has 0 unspecified atom stereocenters. The zero-order valence-electron chi connectivity index (χ0n) is 13.4. The summed E-state index contributed by atoms with van der Waals surface area (Å²) in [4.78, 5) is 13.7. The summed E-state index contributed by atoms with van der Waals surface area (Å²) in [7, 11) is 0. The summed E-state index contributed by atoms with van der Waals surface area (Å²) in [6, 6.07) is 16.0. The Morgan fingerprint density at radius 2 is 1.57 bits per heavy atom. The number of rotatable bonds is 5. The lowest BCUT2D eigenvalue weighted by Crippen LogP contribution is -2.35. The maximum absolute atomic E-state index is 11.3. The standard InChI is InChI=1S/C19H22N2O2/c1-15(22)17-4-8-19(9-5-17)20-18-6-2-16(3-7-18)14-21-10-12-23-13-11-21/h2-9,20H,10-14H2,1H3. The topological polar surface area (TPSA) is 41.6 Å². The fourth-order valence-electron chi connectivity index (χ4n) is 2.67. The van der Waals surface area contributed by atoms with E-state index in [1.807, 2.05) is 24.3 Å². The van der Waals surface area contributed by atoms with Crippen LogP contribution in [-0.4, -0.2) is 37.0 Å². The first kappa shape index (κ1) is 15.7. The average Bonchev–Trinajstić information content (AvgIpc) is 2.58. The van der Waals surface area contributed by atoms with Gasteiger partial charge in [-0.2, -0.15) is 0 Å². The zero-order chi connectivity index (χ0) is 16.1. The molecule has 1 aliphatic rings. The molecule has 4 nitrogen and oxygen atoms in total. The van der Waals surface area contributed by atoms with Crippen LogP contribution in [0.3, 0.4) is 0 Å². The van der Waals surface area contributed by atoms with Crippen molar-refractivity contribution in [1.82, 2.24) is 4.90 Å². The third-order valence-electron chi connectivity index (χ3n) is 4.04. The lowest BCUT2D eigenvalue weighted by Gasteiger charge is -2.26. The molecular formula is C19H22N2O2. The summed E-state index contributed by atoms with van der Waals surface area (Å²) in [6.45, 7) is 6.21. The number of nitrogens with one attached hydrogen (secondary N) is 1. The van der Waals surface area contributed by atoms with Crippen LogP contribution in [0.5, 0.6) is 0 Å². The molecule has 4 heteroatoms. The SMILES string of the molecule is CC(=O)c1ccc(Nc2ccc(CN3CCOCC3)cc2)cc1. The largest absolute Gasteiger partial charge is 0.379 e. The molecule has 0 spiro atoms. The van der Waals surface area contributed by atoms with Gasteiger partial charge in [-0.3, -0.25) is 9.69 Å². The third-order valence-corrected chi connectivity index (χ3v) is 4.04. The summed E-state index contributed by atoms with van der Waals surface area (Å²) in [5.41, 5.74) is 4.07. The highest BCUT2D eigenvalue weighted by Crippen LogP contribution is 2.18. The Morgan fingerprint density at radius 3 is 2.13 bits per heavy atom. The summed E-state index contributed by atoms with van der Waals surface area (Å²) in [6.07, 6.45) is 0. The van der Waals surface area contributed by atoms with Crippen LogP contribution in [0.25, 0.3) is 0 Å². The molecule has 120 valence electrons. The number of hydrogen-bond acceptors (Lipinski definition) is 4. The van der Waals surface area contributed by atoms with E-state index in [4.69, 9.17) is 4.74 Å². The lowest BCUT2D eigenvalue weighted by molar-refractivity contribution is 0.0342. The van der Waals surface area contributed by atoms with Gasteiger partial charge in [0.2, 0.25) is 0 Å². The van der Waals surface area contributed by atoms with Crippen LogP contribution < -0.4 is 5.32 Å². The van der Waals surface area contributed by atoms with E-state index in [9.17, 15) is 4.79 Å². The first-order chi connectivity index (χ1) is 11.2. The maximum atomic E-state index is 11.3. The summed E-state index contributed by atoms with van der Waals surface area (Å²) in [5.74, 6) is 0.0871. The minimum Gasteiger partial charge on any atom is -0.379 e. The lowest BCUT2D eigenvalue weighted by atomic mass is 10.1. The predicted molar refractivity (Wildman–Crippen MR) is 92.3 cm³/mol. The first-order valence-corrected chi connectivity index (χ1v) is 7.98. The Kier molecular flexibility index (Phi) is 5.05. The minimum atomic E-state index is 0.0871. The molecule has 1 heterocycles. The molecule has 23 heavy (non-hydrogen) atoms. The average molecular weight is 310 g/mol. The Hall–Kier alpha value is -2.17. The van der Waals surface area contributed by atoms with Gasteiger partial charge in [-0.1, -0.05) is 12.1 Å². The second kappa shape index (κ2) is 7.40. The van der Waals surface area contributed by atoms with Gasteiger partial charge in [0, 0.05) is 36.6 Å². The van der Waals surface area contributed by atoms with Gasteiger partial charge in [0.25, 0.3) is 0 Å². The molecule has 0 saturated carbocycles. The molecule has 2 aromatic rings. The quantitative estimate of drug-likeness (QED) is 0.859. The van der Waals surface area contributed by atoms with Crippen LogP contribution in [0.4, 0.5) is 11.4 Å². The highest BCUT2D eigenvalue weighted by molar-refractivity contribution is 5.94. The highest BCUT2D eigenvalue weighted by atomic mass is 16.5. The van der Waals surface area contributed by atoms with Crippen LogP contribution in [0, 0.1) is 0 Å². The van der Waals surface area contributed by atoms with Crippen molar-refractivity contribution < 1.29 is 9.53 Å². The first-order valence-electron chi connectivity index (χ1n) is 7.98. The Bertz CT molecular complexity index is 644. The number of anilines is 2. The number of ketones is 1. The molecule has 1 N–H and O–H groups in total. The number of carbonyl (C=O) groups excluding carboxylic acids is 1. The number of morpholine rings is 1.